The van der Waals surface area contributed by atoms with E-state index in [-0.39, 0.29) is 17.8 Å². The SMILES string of the molecule is COC(=O)C1CCN(C(=O)c2ccc3c(c2)ncn3-c2cccc(C)c2)CC1. The summed E-state index contributed by atoms with van der Waals surface area (Å²) in [6.45, 7) is 3.19. The number of hydrogen-bond acceptors (Lipinski definition) is 4. The van der Waals surface area contributed by atoms with Crippen LogP contribution in [0.3, 0.4) is 0 Å². The molecular formula is C22H23N3O3. The molecule has 0 atom stereocenters. The Balaban J connectivity index is 1.54. The van der Waals surface area contributed by atoms with E-state index in [1.807, 2.05) is 34.9 Å². The number of fused-ring (bicyclic) bond motifs is 1. The number of benzene rings is 2. The fraction of sp³-hybridized carbons (Fsp3) is 0.318. The highest BCUT2D eigenvalue weighted by atomic mass is 16.5. The zero-order valence-corrected chi connectivity index (χ0v) is 16.1. The molecule has 4 rings (SSSR count). The minimum atomic E-state index is -0.185. The maximum absolute atomic E-state index is 12.9. The molecule has 1 fully saturated rings. The number of carbonyl (C=O) groups is 2. The molecule has 1 aliphatic heterocycles. The Labute approximate surface area is 163 Å². The second kappa shape index (κ2) is 7.46. The predicted octanol–water partition coefficient (Wildman–Crippen LogP) is 3.36. The molecule has 0 N–H and O–H groups in total. The van der Waals surface area contributed by atoms with Crippen molar-refractivity contribution in [2.75, 3.05) is 20.2 Å². The normalized spacial score (nSPS) is 15.0. The topological polar surface area (TPSA) is 64.4 Å². The first kappa shape index (κ1) is 18.2. The molecule has 1 aliphatic rings. The van der Waals surface area contributed by atoms with Gasteiger partial charge in [-0.2, -0.15) is 0 Å². The molecular weight excluding hydrogens is 354 g/mol. The van der Waals surface area contributed by atoms with Gasteiger partial charge in [-0.1, -0.05) is 12.1 Å². The highest BCUT2D eigenvalue weighted by Crippen LogP contribution is 2.23. The van der Waals surface area contributed by atoms with E-state index in [9.17, 15) is 9.59 Å². The van der Waals surface area contributed by atoms with Crippen LogP contribution in [0.2, 0.25) is 0 Å². The van der Waals surface area contributed by atoms with E-state index in [1.165, 1.54) is 12.7 Å². The number of rotatable bonds is 3. The van der Waals surface area contributed by atoms with Crippen LogP contribution in [0.4, 0.5) is 0 Å². The average Bonchev–Trinajstić information content (AvgIpc) is 3.16. The van der Waals surface area contributed by atoms with Gasteiger partial charge < -0.3 is 9.64 Å². The van der Waals surface area contributed by atoms with Crippen LogP contribution in [0, 0.1) is 12.8 Å². The van der Waals surface area contributed by atoms with Gasteiger partial charge in [0.1, 0.15) is 6.33 Å². The molecule has 28 heavy (non-hydrogen) atoms. The molecule has 1 saturated heterocycles. The van der Waals surface area contributed by atoms with Crippen molar-refractivity contribution in [2.24, 2.45) is 5.92 Å². The smallest absolute Gasteiger partial charge is 0.308 e. The van der Waals surface area contributed by atoms with Gasteiger partial charge in [0.25, 0.3) is 5.91 Å². The summed E-state index contributed by atoms with van der Waals surface area (Å²) in [5, 5.41) is 0. The van der Waals surface area contributed by atoms with E-state index in [0.29, 0.717) is 31.5 Å². The van der Waals surface area contributed by atoms with Gasteiger partial charge in [0, 0.05) is 24.3 Å². The fourth-order valence-corrected chi connectivity index (χ4v) is 3.80. The number of aromatic nitrogens is 2. The lowest BCUT2D eigenvalue weighted by Gasteiger charge is -2.30. The number of piperidine rings is 1. The maximum atomic E-state index is 12.9. The summed E-state index contributed by atoms with van der Waals surface area (Å²) < 4.78 is 6.84. The molecule has 3 aromatic rings. The van der Waals surface area contributed by atoms with Gasteiger partial charge in [0.2, 0.25) is 0 Å². The standard InChI is InChI=1S/C22H23N3O3/c1-15-4-3-5-18(12-15)25-14-23-19-13-17(6-7-20(19)25)21(26)24-10-8-16(9-11-24)22(27)28-2/h3-7,12-14,16H,8-11H2,1-2H3. The van der Waals surface area contributed by atoms with E-state index in [4.69, 9.17) is 4.74 Å². The quantitative estimate of drug-likeness (QED) is 0.657. The summed E-state index contributed by atoms with van der Waals surface area (Å²) in [4.78, 5) is 30.8. The minimum absolute atomic E-state index is 0.0182. The monoisotopic (exact) mass is 377 g/mol. The van der Waals surface area contributed by atoms with E-state index in [1.54, 1.807) is 11.2 Å². The summed E-state index contributed by atoms with van der Waals surface area (Å²) in [5.74, 6) is -0.313. The largest absolute Gasteiger partial charge is 0.469 e. The first-order valence-electron chi connectivity index (χ1n) is 9.48. The van der Waals surface area contributed by atoms with Crippen LogP contribution in [-0.4, -0.2) is 46.5 Å². The van der Waals surface area contributed by atoms with Gasteiger partial charge in [-0.25, -0.2) is 4.98 Å². The Morgan fingerprint density at radius 1 is 1.11 bits per heavy atom. The Hall–Kier alpha value is -3.15. The number of nitrogens with zero attached hydrogens (tertiary/aromatic N) is 3. The lowest BCUT2D eigenvalue weighted by atomic mass is 9.96. The van der Waals surface area contributed by atoms with Crippen molar-refractivity contribution in [3.05, 3.63) is 59.9 Å². The first-order valence-corrected chi connectivity index (χ1v) is 9.48. The van der Waals surface area contributed by atoms with Crippen LogP contribution >= 0.6 is 0 Å². The molecule has 1 amide bonds. The molecule has 0 saturated carbocycles. The van der Waals surface area contributed by atoms with Crippen molar-refractivity contribution in [2.45, 2.75) is 19.8 Å². The summed E-state index contributed by atoms with van der Waals surface area (Å²) in [5.41, 5.74) is 4.61. The Morgan fingerprint density at radius 2 is 1.89 bits per heavy atom. The van der Waals surface area contributed by atoms with Crippen molar-refractivity contribution in [3.63, 3.8) is 0 Å². The predicted molar refractivity (Wildman–Crippen MR) is 106 cm³/mol. The molecule has 0 aliphatic carbocycles. The summed E-state index contributed by atoms with van der Waals surface area (Å²) >= 11 is 0. The van der Waals surface area contributed by atoms with Crippen molar-refractivity contribution in [1.82, 2.24) is 14.5 Å². The van der Waals surface area contributed by atoms with Gasteiger partial charge in [0.15, 0.2) is 0 Å². The number of ether oxygens (including phenoxy) is 1. The Bertz CT molecular complexity index is 1030. The van der Waals surface area contributed by atoms with Crippen molar-refractivity contribution in [1.29, 1.82) is 0 Å². The third-order valence-corrected chi connectivity index (χ3v) is 5.39. The summed E-state index contributed by atoms with van der Waals surface area (Å²) in [6.07, 6.45) is 3.07. The first-order chi connectivity index (χ1) is 13.6. The van der Waals surface area contributed by atoms with Crippen LogP contribution in [0.25, 0.3) is 16.7 Å². The Kier molecular flexibility index (Phi) is 4.86. The number of hydrogen-bond donors (Lipinski definition) is 0. The van der Waals surface area contributed by atoms with E-state index in [2.05, 4.69) is 24.0 Å². The van der Waals surface area contributed by atoms with Gasteiger partial charge in [0.05, 0.1) is 24.1 Å². The third-order valence-electron chi connectivity index (χ3n) is 5.39. The van der Waals surface area contributed by atoms with Crippen molar-refractivity contribution >= 4 is 22.9 Å². The molecule has 1 aromatic heterocycles. The molecule has 6 nitrogen and oxygen atoms in total. The minimum Gasteiger partial charge on any atom is -0.469 e. The second-order valence-corrected chi connectivity index (χ2v) is 7.25. The molecule has 144 valence electrons. The maximum Gasteiger partial charge on any atom is 0.308 e. The lowest BCUT2D eigenvalue weighted by Crippen LogP contribution is -2.40. The molecule has 0 unspecified atom stereocenters. The molecule has 0 bridgehead atoms. The molecule has 2 aromatic carbocycles. The number of esters is 1. The van der Waals surface area contributed by atoms with Crippen LogP contribution < -0.4 is 0 Å². The van der Waals surface area contributed by atoms with Crippen molar-refractivity contribution < 1.29 is 14.3 Å². The zero-order valence-electron chi connectivity index (χ0n) is 16.1. The third kappa shape index (κ3) is 3.38. The summed E-state index contributed by atoms with van der Waals surface area (Å²) in [7, 11) is 1.41. The number of imidazole rings is 1. The van der Waals surface area contributed by atoms with Crippen LogP contribution in [0.5, 0.6) is 0 Å². The molecule has 6 heteroatoms. The lowest BCUT2D eigenvalue weighted by molar-refractivity contribution is -0.146. The van der Waals surface area contributed by atoms with Crippen LogP contribution in [0.1, 0.15) is 28.8 Å². The molecule has 0 spiro atoms. The second-order valence-electron chi connectivity index (χ2n) is 7.25. The van der Waals surface area contributed by atoms with Gasteiger partial charge in [-0.05, 0) is 55.7 Å². The van der Waals surface area contributed by atoms with Gasteiger partial charge >= 0.3 is 5.97 Å². The fourth-order valence-electron chi connectivity index (χ4n) is 3.80. The number of methoxy groups -OCH3 is 1. The van der Waals surface area contributed by atoms with Gasteiger partial charge in [-0.15, -0.1) is 0 Å². The number of carbonyl (C=O) groups excluding carboxylic acids is 2. The highest BCUT2D eigenvalue weighted by Gasteiger charge is 2.28. The van der Waals surface area contributed by atoms with Crippen molar-refractivity contribution in [3.8, 4) is 5.69 Å². The van der Waals surface area contributed by atoms with E-state index >= 15 is 0 Å². The Morgan fingerprint density at radius 3 is 2.61 bits per heavy atom. The zero-order chi connectivity index (χ0) is 19.7. The van der Waals surface area contributed by atoms with E-state index in [0.717, 1.165) is 16.7 Å². The highest BCUT2D eigenvalue weighted by molar-refractivity contribution is 5.97. The number of likely N-dealkylation sites (tertiary alicyclic amines) is 1. The molecule has 0 radical (unpaired) electrons. The number of amides is 1. The summed E-state index contributed by atoms with van der Waals surface area (Å²) in [6, 6.07) is 13.9. The number of aryl methyl sites for hydroxylation is 1. The van der Waals surface area contributed by atoms with Gasteiger partial charge in [-0.3, -0.25) is 14.2 Å². The van der Waals surface area contributed by atoms with E-state index < -0.39 is 0 Å². The average molecular weight is 377 g/mol. The van der Waals surface area contributed by atoms with Crippen LogP contribution in [0.15, 0.2) is 48.8 Å². The molecule has 2 heterocycles. The van der Waals surface area contributed by atoms with Crippen LogP contribution in [-0.2, 0) is 9.53 Å².